The van der Waals surface area contributed by atoms with Gasteiger partial charge < -0.3 is 5.32 Å². The van der Waals surface area contributed by atoms with Gasteiger partial charge in [-0.25, -0.2) is 0 Å². The zero-order valence-corrected chi connectivity index (χ0v) is 10.8. The number of H-pyrrole nitrogens is 1. The molecule has 0 bridgehead atoms. The van der Waals surface area contributed by atoms with Crippen LogP contribution < -0.4 is 5.32 Å². The van der Waals surface area contributed by atoms with Gasteiger partial charge in [0, 0.05) is 29.2 Å². The molecule has 1 amide bonds. The highest BCUT2D eigenvalue weighted by atomic mass is 35.5. The Bertz CT molecular complexity index is 533. The first kappa shape index (κ1) is 12.6. The lowest BCUT2D eigenvalue weighted by molar-refractivity contribution is 0.0951. The van der Waals surface area contributed by atoms with Crippen LogP contribution in [0.2, 0.25) is 0 Å². The largest absolute Gasteiger partial charge is 0.348 e. The summed E-state index contributed by atoms with van der Waals surface area (Å²) >= 11 is 5.69. The van der Waals surface area contributed by atoms with Crippen molar-refractivity contribution in [1.82, 2.24) is 15.5 Å². The number of carbonyl (C=O) groups is 1. The van der Waals surface area contributed by atoms with Crippen LogP contribution in [0.1, 0.15) is 27.2 Å². The van der Waals surface area contributed by atoms with Crippen LogP contribution in [0.5, 0.6) is 0 Å². The number of amides is 1. The van der Waals surface area contributed by atoms with Crippen molar-refractivity contribution in [2.75, 3.05) is 0 Å². The van der Waals surface area contributed by atoms with Crippen LogP contribution in [0.3, 0.4) is 0 Å². The molecule has 0 aliphatic carbocycles. The van der Waals surface area contributed by atoms with Crippen LogP contribution in [0.4, 0.5) is 0 Å². The Kier molecular flexibility index (Phi) is 3.99. The van der Waals surface area contributed by atoms with E-state index in [1.807, 2.05) is 19.1 Å². The first-order valence-electron chi connectivity index (χ1n) is 5.62. The highest BCUT2D eigenvalue weighted by molar-refractivity contribution is 6.17. The van der Waals surface area contributed by atoms with Gasteiger partial charge in [-0.2, -0.15) is 5.10 Å². The summed E-state index contributed by atoms with van der Waals surface area (Å²) in [5.41, 5.74) is 3.58. The van der Waals surface area contributed by atoms with E-state index in [-0.39, 0.29) is 5.91 Å². The molecule has 4 nitrogen and oxygen atoms in total. The predicted octanol–water partition coefficient (Wildman–Crippen LogP) is 2.39. The Morgan fingerprint density at radius 1 is 1.39 bits per heavy atom. The number of carbonyl (C=O) groups excluding carboxylic acids is 1. The van der Waals surface area contributed by atoms with Gasteiger partial charge in [0.15, 0.2) is 0 Å². The fraction of sp³-hybridized carbons (Fsp3) is 0.231. The standard InChI is InChI=1S/C13H14ClN3O/c1-9-12(8-16-17-9)7-15-13(18)11-4-2-10(6-14)3-5-11/h2-5,8H,6-7H2,1H3,(H,15,18)(H,16,17). The van der Waals surface area contributed by atoms with E-state index in [1.165, 1.54) is 0 Å². The topological polar surface area (TPSA) is 57.8 Å². The minimum Gasteiger partial charge on any atom is -0.348 e. The second-order valence-corrected chi connectivity index (χ2v) is 4.30. The van der Waals surface area contributed by atoms with E-state index < -0.39 is 0 Å². The molecule has 0 unspecified atom stereocenters. The van der Waals surface area contributed by atoms with Gasteiger partial charge in [-0.1, -0.05) is 12.1 Å². The number of hydrogen-bond donors (Lipinski definition) is 2. The summed E-state index contributed by atoms with van der Waals surface area (Å²) in [6, 6.07) is 7.25. The van der Waals surface area contributed by atoms with E-state index in [9.17, 15) is 4.79 Å². The third kappa shape index (κ3) is 2.90. The number of nitrogens with one attached hydrogen (secondary N) is 2. The zero-order valence-electron chi connectivity index (χ0n) is 10.0. The Hall–Kier alpha value is -1.81. The predicted molar refractivity (Wildman–Crippen MR) is 70.5 cm³/mol. The molecule has 0 saturated heterocycles. The van der Waals surface area contributed by atoms with Crippen molar-refractivity contribution in [3.05, 3.63) is 52.8 Å². The summed E-state index contributed by atoms with van der Waals surface area (Å²) in [7, 11) is 0. The maximum atomic E-state index is 11.9. The van der Waals surface area contributed by atoms with E-state index in [4.69, 9.17) is 11.6 Å². The average molecular weight is 264 g/mol. The Morgan fingerprint density at radius 3 is 2.67 bits per heavy atom. The number of alkyl halides is 1. The first-order valence-corrected chi connectivity index (χ1v) is 6.16. The van der Waals surface area contributed by atoms with Gasteiger partial charge in [0.1, 0.15) is 0 Å². The second-order valence-electron chi connectivity index (χ2n) is 4.03. The molecule has 0 saturated carbocycles. The number of rotatable bonds is 4. The van der Waals surface area contributed by atoms with Crippen molar-refractivity contribution in [3.8, 4) is 0 Å². The summed E-state index contributed by atoms with van der Waals surface area (Å²) in [4.78, 5) is 11.9. The fourth-order valence-corrected chi connectivity index (χ4v) is 1.75. The molecule has 0 atom stereocenters. The Morgan fingerprint density at radius 2 is 2.11 bits per heavy atom. The highest BCUT2D eigenvalue weighted by Gasteiger charge is 2.06. The van der Waals surface area contributed by atoms with Crippen LogP contribution >= 0.6 is 11.6 Å². The van der Waals surface area contributed by atoms with Gasteiger partial charge in [0.05, 0.1) is 6.20 Å². The van der Waals surface area contributed by atoms with Crippen LogP contribution in [-0.4, -0.2) is 16.1 Å². The molecule has 2 N–H and O–H groups in total. The van der Waals surface area contributed by atoms with Crippen molar-refractivity contribution in [2.45, 2.75) is 19.3 Å². The van der Waals surface area contributed by atoms with Gasteiger partial charge in [0.25, 0.3) is 5.91 Å². The second kappa shape index (κ2) is 5.69. The summed E-state index contributed by atoms with van der Waals surface area (Å²) in [6.07, 6.45) is 1.71. The van der Waals surface area contributed by atoms with Crippen molar-refractivity contribution in [3.63, 3.8) is 0 Å². The number of aromatic amines is 1. The summed E-state index contributed by atoms with van der Waals surface area (Å²) < 4.78 is 0. The van der Waals surface area contributed by atoms with Crippen molar-refractivity contribution < 1.29 is 4.79 Å². The van der Waals surface area contributed by atoms with Crippen molar-refractivity contribution in [2.24, 2.45) is 0 Å². The number of aryl methyl sites for hydroxylation is 1. The molecule has 18 heavy (non-hydrogen) atoms. The summed E-state index contributed by atoms with van der Waals surface area (Å²) in [5, 5.41) is 9.58. The third-order valence-electron chi connectivity index (χ3n) is 2.74. The number of halogens is 1. The van der Waals surface area contributed by atoms with Crippen molar-refractivity contribution >= 4 is 17.5 Å². The van der Waals surface area contributed by atoms with Gasteiger partial charge in [0.2, 0.25) is 0 Å². The summed E-state index contributed by atoms with van der Waals surface area (Å²) in [5.74, 6) is 0.354. The maximum Gasteiger partial charge on any atom is 0.251 e. The molecule has 1 aromatic heterocycles. The lowest BCUT2D eigenvalue weighted by Gasteiger charge is -2.05. The first-order chi connectivity index (χ1) is 8.70. The average Bonchev–Trinajstić information content (AvgIpc) is 2.81. The highest BCUT2D eigenvalue weighted by Crippen LogP contribution is 2.07. The van der Waals surface area contributed by atoms with Crippen molar-refractivity contribution in [1.29, 1.82) is 0 Å². The van der Waals surface area contributed by atoms with Gasteiger partial charge in [-0.05, 0) is 24.6 Å². The van der Waals surface area contributed by atoms with Gasteiger partial charge in [-0.15, -0.1) is 11.6 Å². The smallest absolute Gasteiger partial charge is 0.251 e. The van der Waals surface area contributed by atoms with E-state index in [2.05, 4.69) is 15.5 Å². The van der Waals surface area contributed by atoms with Crippen LogP contribution in [0.15, 0.2) is 30.5 Å². The molecule has 0 aliphatic rings. The third-order valence-corrected chi connectivity index (χ3v) is 3.05. The Labute approximate surface area is 110 Å². The monoisotopic (exact) mass is 263 g/mol. The summed E-state index contributed by atoms with van der Waals surface area (Å²) in [6.45, 7) is 2.39. The number of benzene rings is 1. The van der Waals surface area contributed by atoms with Crippen LogP contribution in [0, 0.1) is 6.92 Å². The van der Waals surface area contributed by atoms with E-state index >= 15 is 0 Å². The fourth-order valence-electron chi connectivity index (χ4n) is 1.58. The molecule has 2 aromatic rings. The van der Waals surface area contributed by atoms with E-state index in [0.717, 1.165) is 16.8 Å². The molecule has 0 spiro atoms. The molecule has 0 fully saturated rings. The normalized spacial score (nSPS) is 10.3. The molecule has 5 heteroatoms. The lowest BCUT2D eigenvalue weighted by atomic mass is 10.1. The van der Waals surface area contributed by atoms with Crippen LogP contribution in [-0.2, 0) is 12.4 Å². The molecular weight excluding hydrogens is 250 g/mol. The SMILES string of the molecule is Cc1[nH]ncc1CNC(=O)c1ccc(CCl)cc1. The van der Waals surface area contributed by atoms with Gasteiger partial charge in [-0.3, -0.25) is 9.89 Å². The molecule has 2 rings (SSSR count). The molecule has 0 aliphatic heterocycles. The molecule has 94 valence electrons. The minimum atomic E-state index is -0.100. The number of nitrogens with zero attached hydrogens (tertiary/aromatic N) is 1. The quantitative estimate of drug-likeness (QED) is 0.832. The number of aromatic nitrogens is 2. The molecule has 0 radical (unpaired) electrons. The van der Waals surface area contributed by atoms with Gasteiger partial charge >= 0.3 is 0 Å². The molecule has 1 heterocycles. The van der Waals surface area contributed by atoms with E-state index in [0.29, 0.717) is 18.0 Å². The Balaban J connectivity index is 1.97. The molecular formula is C13H14ClN3O. The lowest BCUT2D eigenvalue weighted by Crippen LogP contribution is -2.22. The number of hydrogen-bond acceptors (Lipinski definition) is 2. The molecule has 1 aromatic carbocycles. The van der Waals surface area contributed by atoms with Crippen LogP contribution in [0.25, 0.3) is 0 Å². The minimum absolute atomic E-state index is 0.100. The zero-order chi connectivity index (χ0) is 13.0. The maximum absolute atomic E-state index is 11.9. The van der Waals surface area contributed by atoms with E-state index in [1.54, 1.807) is 18.3 Å².